The van der Waals surface area contributed by atoms with Gasteiger partial charge in [0.2, 0.25) is 0 Å². The van der Waals surface area contributed by atoms with Gasteiger partial charge in [-0.3, -0.25) is 0 Å². The third kappa shape index (κ3) is 4.18. The molecule has 2 unspecified atom stereocenters. The van der Waals surface area contributed by atoms with Crippen molar-refractivity contribution in [2.75, 3.05) is 0 Å². The highest BCUT2D eigenvalue weighted by Crippen LogP contribution is 2.51. The van der Waals surface area contributed by atoms with E-state index >= 15 is 0 Å². The predicted molar refractivity (Wildman–Crippen MR) is 103 cm³/mol. The zero-order valence-electron chi connectivity index (χ0n) is 16.8. The topological polar surface area (TPSA) is 72.2 Å². The molecule has 1 fully saturated rings. The molecule has 5 nitrogen and oxygen atoms in total. The van der Waals surface area contributed by atoms with Gasteiger partial charge in [-0.2, -0.15) is 26.3 Å². The largest absolute Gasteiger partial charge is 0.507 e. The van der Waals surface area contributed by atoms with Crippen LogP contribution in [0.5, 0.6) is 5.75 Å². The third-order valence-corrected chi connectivity index (χ3v) is 5.45. The molecular formula is C22H16F6O5. The van der Waals surface area contributed by atoms with Crippen LogP contribution in [0.1, 0.15) is 29.7 Å². The lowest BCUT2D eigenvalue weighted by molar-refractivity contribution is -0.382. The minimum atomic E-state index is -5.69. The van der Waals surface area contributed by atoms with Gasteiger partial charge < -0.3 is 19.0 Å². The lowest BCUT2D eigenvalue weighted by Crippen LogP contribution is -2.56. The van der Waals surface area contributed by atoms with Gasteiger partial charge in [0, 0.05) is 6.42 Å². The summed E-state index contributed by atoms with van der Waals surface area (Å²) in [5.74, 6) is -0.233. The van der Waals surface area contributed by atoms with E-state index in [0.717, 1.165) is 0 Å². The number of para-hydroxylation sites is 1. The van der Waals surface area contributed by atoms with E-state index in [0.29, 0.717) is 16.5 Å². The molecule has 1 aliphatic heterocycles. The van der Waals surface area contributed by atoms with Gasteiger partial charge in [0.05, 0.1) is 10.9 Å². The summed E-state index contributed by atoms with van der Waals surface area (Å²) >= 11 is 0. The minimum absolute atomic E-state index is 0.00898. The Morgan fingerprint density at radius 2 is 1.58 bits per heavy atom. The van der Waals surface area contributed by atoms with Crippen molar-refractivity contribution in [1.82, 2.24) is 0 Å². The Labute approximate surface area is 182 Å². The van der Waals surface area contributed by atoms with E-state index in [1.54, 1.807) is 18.2 Å². The molecule has 4 rings (SSSR count). The molecule has 3 aromatic rings. The Bertz CT molecular complexity index is 1220. The Morgan fingerprint density at radius 3 is 2.18 bits per heavy atom. The first-order valence-corrected chi connectivity index (χ1v) is 9.61. The number of ether oxygens (including phenoxy) is 2. The fourth-order valence-electron chi connectivity index (χ4n) is 3.31. The average molecular weight is 474 g/mol. The minimum Gasteiger partial charge on any atom is -0.507 e. The first-order chi connectivity index (χ1) is 15.3. The summed E-state index contributed by atoms with van der Waals surface area (Å²) in [4.78, 5) is 12.2. The molecule has 0 amide bonds. The molecule has 0 radical (unpaired) electrons. The Kier molecular flexibility index (Phi) is 5.44. The normalized spacial score (nSPS) is 19.1. The summed E-state index contributed by atoms with van der Waals surface area (Å²) in [6, 6.07) is 12.3. The summed E-state index contributed by atoms with van der Waals surface area (Å²) in [7, 11) is 0. The SMILES string of the molecule is CC(OC1OC1c1ccc(Cc2c(O)c3ccccc3oc2=O)cc1)(C(F)(F)F)C(F)(F)F. The lowest BCUT2D eigenvalue weighted by atomic mass is 10.0. The smallest absolute Gasteiger partial charge is 0.426 e. The van der Waals surface area contributed by atoms with Crippen LogP contribution in [0.4, 0.5) is 26.3 Å². The van der Waals surface area contributed by atoms with E-state index in [2.05, 4.69) is 4.74 Å². The van der Waals surface area contributed by atoms with Crippen LogP contribution < -0.4 is 5.63 Å². The summed E-state index contributed by atoms with van der Waals surface area (Å²) < 4.78 is 92.3. The van der Waals surface area contributed by atoms with Crippen molar-refractivity contribution >= 4 is 11.0 Å². The highest BCUT2D eigenvalue weighted by Gasteiger charge is 2.71. The van der Waals surface area contributed by atoms with Crippen molar-refractivity contribution < 1.29 is 45.3 Å². The first kappa shape index (κ1) is 23.1. The third-order valence-electron chi connectivity index (χ3n) is 5.45. The molecule has 0 saturated carbocycles. The number of alkyl halides is 6. The van der Waals surface area contributed by atoms with Crippen molar-refractivity contribution in [2.45, 2.75) is 43.7 Å². The van der Waals surface area contributed by atoms with E-state index in [1.165, 1.54) is 30.3 Å². The number of epoxide rings is 1. The van der Waals surface area contributed by atoms with Crippen LogP contribution in [-0.4, -0.2) is 29.4 Å². The van der Waals surface area contributed by atoms with Crippen LogP contribution in [0, 0.1) is 0 Å². The molecular weight excluding hydrogens is 458 g/mol. The van der Waals surface area contributed by atoms with Crippen molar-refractivity contribution in [3.63, 3.8) is 0 Å². The van der Waals surface area contributed by atoms with E-state index < -0.39 is 36.0 Å². The number of hydrogen-bond acceptors (Lipinski definition) is 5. The summed E-state index contributed by atoms with van der Waals surface area (Å²) in [5.41, 5.74) is -4.03. The molecule has 33 heavy (non-hydrogen) atoms. The van der Waals surface area contributed by atoms with Gasteiger partial charge in [-0.1, -0.05) is 36.4 Å². The second kappa shape index (κ2) is 7.77. The van der Waals surface area contributed by atoms with Gasteiger partial charge in [0.1, 0.15) is 17.4 Å². The zero-order chi connectivity index (χ0) is 24.2. The fourth-order valence-corrected chi connectivity index (χ4v) is 3.31. The highest BCUT2D eigenvalue weighted by atomic mass is 19.4. The zero-order valence-corrected chi connectivity index (χ0v) is 16.8. The van der Waals surface area contributed by atoms with E-state index in [4.69, 9.17) is 9.15 Å². The summed E-state index contributed by atoms with van der Waals surface area (Å²) in [6.45, 7) is -0.0869. The molecule has 0 aliphatic carbocycles. The lowest BCUT2D eigenvalue weighted by Gasteiger charge is -2.33. The van der Waals surface area contributed by atoms with Gasteiger partial charge in [-0.05, 0) is 30.2 Å². The van der Waals surface area contributed by atoms with Crippen molar-refractivity contribution in [2.24, 2.45) is 0 Å². The molecule has 1 N–H and O–H groups in total. The molecule has 0 spiro atoms. The van der Waals surface area contributed by atoms with E-state index in [9.17, 15) is 36.2 Å². The summed E-state index contributed by atoms with van der Waals surface area (Å²) in [6.07, 6.45) is -14.2. The van der Waals surface area contributed by atoms with Gasteiger partial charge in [0.15, 0.2) is 6.29 Å². The van der Waals surface area contributed by atoms with Crippen LogP contribution in [0.25, 0.3) is 11.0 Å². The predicted octanol–water partition coefficient (Wildman–Crippen LogP) is 5.39. The number of benzene rings is 2. The van der Waals surface area contributed by atoms with Crippen molar-refractivity contribution in [1.29, 1.82) is 0 Å². The van der Waals surface area contributed by atoms with Crippen molar-refractivity contribution in [3.05, 3.63) is 75.6 Å². The number of rotatable bonds is 5. The standard InChI is InChI=1S/C22H16F6O5/c1-20(21(23,24)25,22(26,27)28)33-19-17(32-19)12-8-6-11(7-9-12)10-14-16(29)13-4-2-3-5-15(13)31-18(14)30/h2-9,17,19,29H,10H2,1H3. The maximum absolute atomic E-state index is 13.0. The maximum Gasteiger partial charge on any atom is 0.426 e. The Hall–Kier alpha value is -3.05. The maximum atomic E-state index is 13.0. The molecule has 1 aromatic heterocycles. The van der Waals surface area contributed by atoms with Crippen LogP contribution in [0.2, 0.25) is 0 Å². The number of fused-ring (bicyclic) bond motifs is 1. The van der Waals surface area contributed by atoms with Gasteiger partial charge in [0.25, 0.3) is 5.60 Å². The molecule has 11 heteroatoms. The second-order valence-electron chi connectivity index (χ2n) is 7.70. The fraction of sp³-hybridized carbons (Fsp3) is 0.318. The summed E-state index contributed by atoms with van der Waals surface area (Å²) in [5, 5.41) is 10.8. The van der Waals surface area contributed by atoms with Crippen LogP contribution in [-0.2, 0) is 15.9 Å². The van der Waals surface area contributed by atoms with Gasteiger partial charge in [-0.15, -0.1) is 0 Å². The molecule has 0 bridgehead atoms. The second-order valence-corrected chi connectivity index (χ2v) is 7.70. The van der Waals surface area contributed by atoms with Crippen molar-refractivity contribution in [3.8, 4) is 5.75 Å². The van der Waals surface area contributed by atoms with E-state index in [1.807, 2.05) is 0 Å². The van der Waals surface area contributed by atoms with Crippen LogP contribution in [0.3, 0.4) is 0 Å². The average Bonchev–Trinajstić information content (AvgIpc) is 3.49. The number of halogens is 6. The molecule has 176 valence electrons. The Morgan fingerprint density at radius 1 is 0.970 bits per heavy atom. The molecule has 2 heterocycles. The first-order valence-electron chi connectivity index (χ1n) is 9.61. The van der Waals surface area contributed by atoms with Gasteiger partial charge >= 0.3 is 18.0 Å². The van der Waals surface area contributed by atoms with Crippen LogP contribution >= 0.6 is 0 Å². The quantitative estimate of drug-likeness (QED) is 0.305. The molecule has 1 saturated heterocycles. The van der Waals surface area contributed by atoms with E-state index in [-0.39, 0.29) is 30.2 Å². The number of hydrogen-bond donors (Lipinski definition) is 1. The van der Waals surface area contributed by atoms with Crippen LogP contribution in [0.15, 0.2) is 57.7 Å². The molecule has 2 aromatic carbocycles. The molecule has 1 aliphatic rings. The monoisotopic (exact) mass is 474 g/mol. The number of aromatic hydroxyl groups is 1. The highest BCUT2D eigenvalue weighted by molar-refractivity contribution is 5.84. The Balaban J connectivity index is 1.49. The molecule has 2 atom stereocenters. The van der Waals surface area contributed by atoms with Gasteiger partial charge in [-0.25, -0.2) is 4.79 Å².